The number of sulfonamides is 1. The SMILES string of the molecule is COc1ccc(S(=O)(=O)N2CCCCC2)cc1CCC(=O)Nc1cc(C)cc(C)c1. The van der Waals surface area contributed by atoms with Gasteiger partial charge < -0.3 is 10.1 Å². The van der Waals surface area contributed by atoms with E-state index in [1.165, 1.54) is 0 Å². The molecular weight excluding hydrogens is 400 g/mol. The minimum Gasteiger partial charge on any atom is -0.496 e. The number of hydrogen-bond acceptors (Lipinski definition) is 4. The van der Waals surface area contributed by atoms with Crippen LogP contribution in [0.3, 0.4) is 0 Å². The highest BCUT2D eigenvalue weighted by atomic mass is 32.2. The Balaban J connectivity index is 1.73. The number of rotatable bonds is 7. The van der Waals surface area contributed by atoms with Gasteiger partial charge in [0.2, 0.25) is 15.9 Å². The first kappa shape index (κ1) is 22.3. The second-order valence-corrected chi connectivity index (χ2v) is 9.80. The summed E-state index contributed by atoms with van der Waals surface area (Å²) in [7, 11) is -1.98. The van der Waals surface area contributed by atoms with Gasteiger partial charge in [-0.25, -0.2) is 8.42 Å². The lowest BCUT2D eigenvalue weighted by molar-refractivity contribution is -0.116. The first-order valence-corrected chi connectivity index (χ1v) is 11.8. The summed E-state index contributed by atoms with van der Waals surface area (Å²) in [5, 5.41) is 2.92. The molecule has 0 radical (unpaired) electrons. The summed E-state index contributed by atoms with van der Waals surface area (Å²) >= 11 is 0. The van der Waals surface area contributed by atoms with E-state index in [-0.39, 0.29) is 17.2 Å². The second kappa shape index (κ2) is 9.62. The van der Waals surface area contributed by atoms with Crippen LogP contribution in [0.2, 0.25) is 0 Å². The third kappa shape index (κ3) is 5.40. The van der Waals surface area contributed by atoms with Crippen LogP contribution in [0, 0.1) is 13.8 Å². The molecule has 6 nitrogen and oxygen atoms in total. The number of nitrogens with one attached hydrogen (secondary N) is 1. The molecule has 162 valence electrons. The first-order chi connectivity index (χ1) is 14.3. The molecule has 0 unspecified atom stereocenters. The summed E-state index contributed by atoms with van der Waals surface area (Å²) < 4.78 is 32.9. The van der Waals surface area contributed by atoms with Crippen molar-refractivity contribution < 1.29 is 17.9 Å². The monoisotopic (exact) mass is 430 g/mol. The number of piperidine rings is 1. The van der Waals surface area contributed by atoms with Gasteiger partial charge in [-0.15, -0.1) is 0 Å². The molecule has 2 aromatic carbocycles. The molecule has 1 N–H and O–H groups in total. The van der Waals surface area contributed by atoms with Crippen LogP contribution < -0.4 is 10.1 Å². The average molecular weight is 431 g/mol. The van der Waals surface area contributed by atoms with E-state index in [0.29, 0.717) is 30.8 Å². The Hall–Kier alpha value is -2.38. The van der Waals surface area contributed by atoms with Gasteiger partial charge in [-0.05, 0) is 80.1 Å². The fraction of sp³-hybridized carbons (Fsp3) is 0.435. The molecule has 3 rings (SSSR count). The van der Waals surface area contributed by atoms with E-state index < -0.39 is 10.0 Å². The molecule has 1 aliphatic rings. The second-order valence-electron chi connectivity index (χ2n) is 7.86. The predicted octanol–water partition coefficient (Wildman–Crippen LogP) is 4.06. The Labute approximate surface area is 179 Å². The maximum atomic E-state index is 13.0. The minimum absolute atomic E-state index is 0.119. The highest BCUT2D eigenvalue weighted by Gasteiger charge is 2.26. The van der Waals surface area contributed by atoms with Gasteiger partial charge in [0.05, 0.1) is 12.0 Å². The summed E-state index contributed by atoms with van der Waals surface area (Å²) in [5.41, 5.74) is 3.65. The van der Waals surface area contributed by atoms with E-state index in [0.717, 1.165) is 36.1 Å². The van der Waals surface area contributed by atoms with Gasteiger partial charge >= 0.3 is 0 Å². The van der Waals surface area contributed by atoms with Crippen LogP contribution in [0.5, 0.6) is 5.75 Å². The van der Waals surface area contributed by atoms with Gasteiger partial charge in [-0.1, -0.05) is 12.5 Å². The number of nitrogens with zero attached hydrogens (tertiary/aromatic N) is 1. The Morgan fingerprint density at radius 1 is 1.03 bits per heavy atom. The first-order valence-electron chi connectivity index (χ1n) is 10.3. The molecule has 1 heterocycles. The van der Waals surface area contributed by atoms with Crippen LogP contribution in [0.15, 0.2) is 41.3 Å². The molecule has 0 atom stereocenters. The number of carbonyl (C=O) groups excluding carboxylic acids is 1. The molecular formula is C23H30N2O4S. The number of aryl methyl sites for hydroxylation is 3. The summed E-state index contributed by atoms with van der Waals surface area (Å²) in [6.45, 7) is 5.09. The number of methoxy groups -OCH3 is 1. The Morgan fingerprint density at radius 3 is 2.33 bits per heavy atom. The highest BCUT2D eigenvalue weighted by molar-refractivity contribution is 7.89. The van der Waals surface area contributed by atoms with Crippen molar-refractivity contribution in [1.82, 2.24) is 4.31 Å². The number of ether oxygens (including phenoxy) is 1. The molecule has 0 aliphatic carbocycles. The van der Waals surface area contributed by atoms with Crippen molar-refractivity contribution in [1.29, 1.82) is 0 Å². The number of hydrogen-bond donors (Lipinski definition) is 1. The molecule has 1 fully saturated rings. The van der Waals surface area contributed by atoms with Crippen molar-refractivity contribution >= 4 is 21.6 Å². The molecule has 1 saturated heterocycles. The zero-order valence-corrected chi connectivity index (χ0v) is 18.7. The molecule has 2 aromatic rings. The normalized spacial score (nSPS) is 15.0. The smallest absolute Gasteiger partial charge is 0.243 e. The molecule has 0 aromatic heterocycles. The average Bonchev–Trinajstić information content (AvgIpc) is 2.72. The van der Waals surface area contributed by atoms with Crippen molar-refractivity contribution in [2.75, 3.05) is 25.5 Å². The number of benzene rings is 2. The standard InChI is InChI=1S/C23H30N2O4S/c1-17-13-18(2)15-20(14-17)24-23(26)10-7-19-16-21(8-9-22(19)29-3)30(27,28)25-11-5-4-6-12-25/h8-9,13-16H,4-7,10-12H2,1-3H3,(H,24,26). The van der Waals surface area contributed by atoms with E-state index in [9.17, 15) is 13.2 Å². The van der Waals surface area contributed by atoms with Crippen LogP contribution in [0.1, 0.15) is 42.4 Å². The lowest BCUT2D eigenvalue weighted by Crippen LogP contribution is -2.35. The van der Waals surface area contributed by atoms with Gasteiger partial charge in [0, 0.05) is 25.2 Å². The zero-order chi connectivity index (χ0) is 21.7. The van der Waals surface area contributed by atoms with Crippen molar-refractivity contribution in [2.24, 2.45) is 0 Å². The lowest BCUT2D eigenvalue weighted by Gasteiger charge is -2.26. The fourth-order valence-electron chi connectivity index (χ4n) is 3.88. The third-order valence-corrected chi connectivity index (χ3v) is 7.23. The maximum Gasteiger partial charge on any atom is 0.243 e. The van der Waals surface area contributed by atoms with E-state index in [2.05, 4.69) is 11.4 Å². The Bertz CT molecular complexity index is 992. The lowest BCUT2D eigenvalue weighted by atomic mass is 10.1. The van der Waals surface area contributed by atoms with Crippen LogP contribution in [0.4, 0.5) is 5.69 Å². The highest BCUT2D eigenvalue weighted by Crippen LogP contribution is 2.27. The maximum absolute atomic E-state index is 13.0. The topological polar surface area (TPSA) is 75.7 Å². The van der Waals surface area contributed by atoms with Gasteiger partial charge in [-0.2, -0.15) is 4.31 Å². The fourth-order valence-corrected chi connectivity index (χ4v) is 5.45. The zero-order valence-electron chi connectivity index (χ0n) is 17.9. The molecule has 30 heavy (non-hydrogen) atoms. The van der Waals surface area contributed by atoms with Gasteiger partial charge in [0.25, 0.3) is 0 Å². The largest absolute Gasteiger partial charge is 0.496 e. The molecule has 1 aliphatic heterocycles. The predicted molar refractivity (Wildman–Crippen MR) is 118 cm³/mol. The van der Waals surface area contributed by atoms with E-state index >= 15 is 0 Å². The van der Waals surface area contributed by atoms with Gasteiger partial charge in [0.15, 0.2) is 0 Å². The summed E-state index contributed by atoms with van der Waals surface area (Å²) in [4.78, 5) is 12.7. The number of amides is 1. The molecule has 0 spiro atoms. The van der Waals surface area contributed by atoms with Crippen LogP contribution in [0.25, 0.3) is 0 Å². The van der Waals surface area contributed by atoms with E-state index in [1.807, 2.05) is 26.0 Å². The van der Waals surface area contributed by atoms with Crippen molar-refractivity contribution in [2.45, 2.75) is 50.8 Å². The van der Waals surface area contributed by atoms with E-state index in [1.54, 1.807) is 29.6 Å². The number of anilines is 1. The van der Waals surface area contributed by atoms with Gasteiger partial charge in [0.1, 0.15) is 5.75 Å². The molecule has 0 saturated carbocycles. The summed E-state index contributed by atoms with van der Waals surface area (Å²) in [5.74, 6) is 0.470. The quantitative estimate of drug-likeness (QED) is 0.719. The number of carbonyl (C=O) groups is 1. The Kier molecular flexibility index (Phi) is 7.15. The van der Waals surface area contributed by atoms with Crippen molar-refractivity contribution in [3.63, 3.8) is 0 Å². The Morgan fingerprint density at radius 2 is 1.70 bits per heavy atom. The van der Waals surface area contributed by atoms with Crippen LogP contribution in [-0.4, -0.2) is 38.8 Å². The van der Waals surface area contributed by atoms with Crippen LogP contribution >= 0.6 is 0 Å². The van der Waals surface area contributed by atoms with Gasteiger partial charge in [-0.3, -0.25) is 4.79 Å². The molecule has 0 bridgehead atoms. The molecule has 7 heteroatoms. The molecule has 1 amide bonds. The summed E-state index contributed by atoms with van der Waals surface area (Å²) in [6, 6.07) is 10.8. The van der Waals surface area contributed by atoms with Crippen molar-refractivity contribution in [3.05, 3.63) is 53.1 Å². The summed E-state index contributed by atoms with van der Waals surface area (Å²) in [6.07, 6.45) is 3.47. The van der Waals surface area contributed by atoms with Crippen molar-refractivity contribution in [3.8, 4) is 5.75 Å². The third-order valence-electron chi connectivity index (χ3n) is 5.33. The van der Waals surface area contributed by atoms with Crippen LogP contribution in [-0.2, 0) is 21.2 Å². The minimum atomic E-state index is -3.53. The van der Waals surface area contributed by atoms with E-state index in [4.69, 9.17) is 4.74 Å².